The van der Waals surface area contributed by atoms with Crippen molar-refractivity contribution in [2.75, 3.05) is 5.32 Å². The van der Waals surface area contributed by atoms with Gasteiger partial charge >= 0.3 is 0 Å². The van der Waals surface area contributed by atoms with E-state index >= 15 is 0 Å². The van der Waals surface area contributed by atoms with Crippen molar-refractivity contribution < 1.29 is 4.79 Å². The van der Waals surface area contributed by atoms with E-state index in [1.54, 1.807) is 6.20 Å². The molecule has 19 heavy (non-hydrogen) atoms. The zero-order valence-electron chi connectivity index (χ0n) is 11.0. The smallest absolute Gasteiger partial charge is 0.221 e. The van der Waals surface area contributed by atoms with Crippen LogP contribution in [-0.4, -0.2) is 15.7 Å². The molecule has 0 unspecified atom stereocenters. The third-order valence-corrected chi connectivity index (χ3v) is 2.91. The van der Waals surface area contributed by atoms with Gasteiger partial charge in [-0.15, -0.1) is 0 Å². The van der Waals surface area contributed by atoms with Gasteiger partial charge in [0, 0.05) is 18.4 Å². The highest BCUT2D eigenvalue weighted by molar-refractivity contribution is 5.76. The maximum Gasteiger partial charge on any atom is 0.221 e. The fourth-order valence-electron chi connectivity index (χ4n) is 1.93. The van der Waals surface area contributed by atoms with Crippen molar-refractivity contribution in [2.45, 2.75) is 26.4 Å². The molecule has 1 aromatic heterocycles. The van der Waals surface area contributed by atoms with Crippen LogP contribution in [0.4, 0.5) is 5.69 Å². The summed E-state index contributed by atoms with van der Waals surface area (Å²) in [6.45, 7) is 3.65. The number of anilines is 1. The van der Waals surface area contributed by atoms with Crippen LogP contribution in [0.2, 0.25) is 0 Å². The number of nitrogens with one attached hydrogen (secondary N) is 1. The molecule has 0 aliphatic rings. The average Bonchev–Trinajstić information content (AvgIpc) is 2.84. The molecule has 0 spiro atoms. The number of amides is 1. The standard InChI is InChI=1S/C14H18N4O/c1-2-18-13(7-8-17-18)10-16-12-5-3-11(4-6-12)9-14(15)19/h3-8,16H,2,9-10H2,1H3,(H2,15,19). The molecule has 1 aromatic carbocycles. The van der Waals surface area contributed by atoms with E-state index in [-0.39, 0.29) is 12.3 Å². The van der Waals surface area contributed by atoms with E-state index in [0.717, 1.165) is 30.0 Å². The molecule has 0 radical (unpaired) electrons. The second-order valence-corrected chi connectivity index (χ2v) is 4.33. The fourth-order valence-corrected chi connectivity index (χ4v) is 1.93. The Morgan fingerprint density at radius 2 is 2.05 bits per heavy atom. The highest BCUT2D eigenvalue weighted by atomic mass is 16.1. The highest BCUT2D eigenvalue weighted by Crippen LogP contribution is 2.11. The first kappa shape index (κ1) is 13.1. The minimum Gasteiger partial charge on any atom is -0.379 e. The van der Waals surface area contributed by atoms with Gasteiger partial charge in [0.05, 0.1) is 18.7 Å². The van der Waals surface area contributed by atoms with E-state index in [1.807, 2.05) is 35.0 Å². The Kier molecular flexibility index (Phi) is 4.18. The van der Waals surface area contributed by atoms with Crippen molar-refractivity contribution in [2.24, 2.45) is 5.73 Å². The predicted octanol–water partition coefficient (Wildman–Crippen LogP) is 1.54. The lowest BCUT2D eigenvalue weighted by molar-refractivity contribution is -0.117. The Morgan fingerprint density at radius 3 is 2.68 bits per heavy atom. The first-order chi connectivity index (χ1) is 9.19. The van der Waals surface area contributed by atoms with Crippen LogP contribution in [0, 0.1) is 0 Å². The van der Waals surface area contributed by atoms with Gasteiger partial charge in [0.1, 0.15) is 0 Å². The quantitative estimate of drug-likeness (QED) is 0.825. The van der Waals surface area contributed by atoms with Gasteiger partial charge in [-0.25, -0.2) is 0 Å². The second-order valence-electron chi connectivity index (χ2n) is 4.33. The minimum atomic E-state index is -0.312. The summed E-state index contributed by atoms with van der Waals surface area (Å²) in [5, 5.41) is 7.54. The molecule has 1 heterocycles. The number of aryl methyl sites for hydroxylation is 1. The van der Waals surface area contributed by atoms with Crippen LogP contribution in [0.15, 0.2) is 36.5 Å². The molecular weight excluding hydrogens is 240 g/mol. The zero-order valence-corrected chi connectivity index (χ0v) is 11.0. The van der Waals surface area contributed by atoms with Crippen molar-refractivity contribution >= 4 is 11.6 Å². The Bertz CT molecular complexity index is 545. The SMILES string of the molecule is CCn1nccc1CNc1ccc(CC(N)=O)cc1. The lowest BCUT2D eigenvalue weighted by Crippen LogP contribution is -2.13. The predicted molar refractivity (Wildman–Crippen MR) is 74.6 cm³/mol. The number of primary amides is 1. The van der Waals surface area contributed by atoms with Crippen LogP contribution in [0.25, 0.3) is 0 Å². The molecule has 0 fully saturated rings. The maximum atomic E-state index is 10.8. The zero-order chi connectivity index (χ0) is 13.7. The Labute approximate surface area is 112 Å². The highest BCUT2D eigenvalue weighted by Gasteiger charge is 2.01. The Hall–Kier alpha value is -2.30. The van der Waals surface area contributed by atoms with Gasteiger partial charge in [0.2, 0.25) is 5.91 Å². The minimum absolute atomic E-state index is 0.281. The molecule has 0 bridgehead atoms. The average molecular weight is 258 g/mol. The number of nitrogens with two attached hydrogens (primary N) is 1. The molecule has 0 aliphatic carbocycles. The molecule has 0 saturated carbocycles. The molecule has 2 rings (SSSR count). The van der Waals surface area contributed by atoms with E-state index in [4.69, 9.17) is 5.73 Å². The summed E-state index contributed by atoms with van der Waals surface area (Å²) in [5.74, 6) is -0.312. The molecule has 5 nitrogen and oxygen atoms in total. The van der Waals surface area contributed by atoms with Gasteiger partial charge < -0.3 is 11.1 Å². The van der Waals surface area contributed by atoms with E-state index < -0.39 is 0 Å². The van der Waals surface area contributed by atoms with Crippen LogP contribution in [-0.2, 0) is 24.3 Å². The number of carbonyl (C=O) groups is 1. The number of hydrogen-bond donors (Lipinski definition) is 2. The summed E-state index contributed by atoms with van der Waals surface area (Å²) >= 11 is 0. The van der Waals surface area contributed by atoms with Crippen LogP contribution in [0.5, 0.6) is 0 Å². The maximum absolute atomic E-state index is 10.8. The van der Waals surface area contributed by atoms with Crippen molar-refractivity contribution in [3.63, 3.8) is 0 Å². The third-order valence-electron chi connectivity index (χ3n) is 2.91. The monoisotopic (exact) mass is 258 g/mol. The largest absolute Gasteiger partial charge is 0.379 e. The third kappa shape index (κ3) is 3.58. The van der Waals surface area contributed by atoms with Crippen LogP contribution in [0.3, 0.4) is 0 Å². The summed E-state index contributed by atoms with van der Waals surface area (Å²) in [7, 11) is 0. The first-order valence-electron chi connectivity index (χ1n) is 6.31. The Morgan fingerprint density at radius 1 is 1.32 bits per heavy atom. The van der Waals surface area contributed by atoms with Gasteiger partial charge in [0.25, 0.3) is 0 Å². The van der Waals surface area contributed by atoms with Gasteiger partial charge in [-0.05, 0) is 30.7 Å². The molecule has 0 atom stereocenters. The molecular formula is C14H18N4O. The lowest BCUT2D eigenvalue weighted by atomic mass is 10.1. The van der Waals surface area contributed by atoms with Gasteiger partial charge in [-0.2, -0.15) is 5.10 Å². The molecule has 1 amide bonds. The van der Waals surface area contributed by atoms with Crippen molar-refractivity contribution in [1.29, 1.82) is 0 Å². The molecule has 0 saturated heterocycles. The number of aromatic nitrogens is 2. The number of hydrogen-bond acceptors (Lipinski definition) is 3. The lowest BCUT2D eigenvalue weighted by Gasteiger charge is -2.08. The molecule has 0 aliphatic heterocycles. The first-order valence-corrected chi connectivity index (χ1v) is 6.31. The summed E-state index contributed by atoms with van der Waals surface area (Å²) in [5.41, 5.74) is 8.23. The topological polar surface area (TPSA) is 72.9 Å². The van der Waals surface area contributed by atoms with E-state index in [2.05, 4.69) is 17.3 Å². The molecule has 100 valence electrons. The number of rotatable bonds is 6. The van der Waals surface area contributed by atoms with E-state index in [9.17, 15) is 4.79 Å². The molecule has 5 heteroatoms. The summed E-state index contributed by atoms with van der Waals surface area (Å²) in [4.78, 5) is 10.8. The molecule has 3 N–H and O–H groups in total. The normalized spacial score (nSPS) is 10.4. The summed E-state index contributed by atoms with van der Waals surface area (Å²) in [6, 6.07) is 9.71. The van der Waals surface area contributed by atoms with Gasteiger partial charge in [0.15, 0.2) is 0 Å². The second kappa shape index (κ2) is 6.04. The van der Waals surface area contributed by atoms with E-state index in [1.165, 1.54) is 0 Å². The fraction of sp³-hybridized carbons (Fsp3) is 0.286. The number of carbonyl (C=O) groups excluding carboxylic acids is 1. The van der Waals surface area contributed by atoms with Crippen molar-refractivity contribution in [1.82, 2.24) is 9.78 Å². The number of nitrogens with zero attached hydrogens (tertiary/aromatic N) is 2. The van der Waals surface area contributed by atoms with E-state index in [0.29, 0.717) is 0 Å². The molecule has 2 aromatic rings. The van der Waals surface area contributed by atoms with Gasteiger partial charge in [-0.3, -0.25) is 9.48 Å². The Balaban J connectivity index is 1.94. The van der Waals surface area contributed by atoms with Crippen LogP contribution >= 0.6 is 0 Å². The number of benzene rings is 1. The van der Waals surface area contributed by atoms with Crippen molar-refractivity contribution in [3.05, 3.63) is 47.8 Å². The van der Waals surface area contributed by atoms with Gasteiger partial charge in [-0.1, -0.05) is 12.1 Å². The van der Waals surface area contributed by atoms with Crippen molar-refractivity contribution in [3.8, 4) is 0 Å². The van der Waals surface area contributed by atoms with Crippen LogP contribution < -0.4 is 11.1 Å². The van der Waals surface area contributed by atoms with Crippen LogP contribution in [0.1, 0.15) is 18.2 Å². The summed E-state index contributed by atoms with van der Waals surface area (Å²) < 4.78 is 1.95. The summed E-state index contributed by atoms with van der Waals surface area (Å²) in [6.07, 6.45) is 2.08.